The predicted octanol–water partition coefficient (Wildman–Crippen LogP) is 3.87. The number of carbonyl (C=O) groups is 2. The molecular weight excluding hydrogens is 568 g/mol. The van der Waals surface area contributed by atoms with Crippen molar-refractivity contribution in [2.75, 3.05) is 46.0 Å². The van der Waals surface area contributed by atoms with Crippen LogP contribution in [-0.4, -0.2) is 93.8 Å². The summed E-state index contributed by atoms with van der Waals surface area (Å²) in [6.45, 7) is 3.98. The van der Waals surface area contributed by atoms with Crippen molar-refractivity contribution in [1.82, 2.24) is 34.8 Å². The zero-order valence-corrected chi connectivity index (χ0v) is 26.0. The topological polar surface area (TPSA) is 122 Å². The highest BCUT2D eigenvalue weighted by Gasteiger charge is 2.30. The summed E-state index contributed by atoms with van der Waals surface area (Å²) in [5, 5.41) is 7.18. The highest BCUT2D eigenvalue weighted by atomic mass is 16.6. The number of carbonyl (C=O) groups excluding carboxylic acids is 2. The number of pyridine rings is 1. The number of rotatable bonds is 8. The summed E-state index contributed by atoms with van der Waals surface area (Å²) in [4.78, 5) is 36.8. The molecule has 2 aromatic heterocycles. The molecule has 2 fully saturated rings. The van der Waals surface area contributed by atoms with Gasteiger partial charge in [0.15, 0.2) is 0 Å². The van der Waals surface area contributed by atoms with Gasteiger partial charge in [-0.05, 0) is 61.8 Å². The number of amides is 2. The molecule has 2 aliphatic heterocycles. The number of aromatic nitrogens is 3. The van der Waals surface area contributed by atoms with E-state index in [1.54, 1.807) is 34.1 Å². The molecule has 45 heavy (non-hydrogen) atoms. The largest absolute Gasteiger partial charge is 0.415 e. The van der Waals surface area contributed by atoms with Crippen molar-refractivity contribution in [1.29, 1.82) is 0 Å². The van der Waals surface area contributed by atoms with Crippen LogP contribution >= 0.6 is 0 Å². The number of anilines is 1. The molecule has 6 rings (SSSR count). The van der Waals surface area contributed by atoms with Crippen LogP contribution in [0.4, 0.5) is 10.6 Å². The fourth-order valence-corrected chi connectivity index (χ4v) is 6.04. The first-order valence-electron chi connectivity index (χ1n) is 15.3. The lowest BCUT2D eigenvalue weighted by Gasteiger charge is -2.20. The van der Waals surface area contributed by atoms with Crippen molar-refractivity contribution in [3.63, 3.8) is 0 Å². The van der Waals surface area contributed by atoms with Crippen molar-refractivity contribution in [2.24, 2.45) is 7.05 Å². The van der Waals surface area contributed by atoms with Crippen molar-refractivity contribution in [2.45, 2.75) is 31.5 Å². The van der Waals surface area contributed by atoms with E-state index in [0.29, 0.717) is 31.3 Å². The number of likely N-dealkylation sites (tertiary alicyclic amines) is 2. The molecule has 1 unspecified atom stereocenters. The Morgan fingerprint density at radius 3 is 2.53 bits per heavy atom. The fraction of sp³-hybridized carbons (Fsp3) is 0.353. The summed E-state index contributed by atoms with van der Waals surface area (Å²) in [6.07, 6.45) is 6.54. The van der Waals surface area contributed by atoms with Crippen molar-refractivity contribution >= 4 is 17.8 Å². The summed E-state index contributed by atoms with van der Waals surface area (Å²) in [5.41, 5.74) is 11.2. The Balaban J connectivity index is 1.02. The van der Waals surface area contributed by atoms with Gasteiger partial charge < -0.3 is 25.6 Å². The Labute approximate surface area is 263 Å². The maximum atomic E-state index is 13.1. The monoisotopic (exact) mass is 608 g/mol. The van der Waals surface area contributed by atoms with Gasteiger partial charge >= 0.3 is 6.09 Å². The Kier molecular flexibility index (Phi) is 8.81. The minimum Gasteiger partial charge on any atom is -0.410 e. The smallest absolute Gasteiger partial charge is 0.410 e. The molecule has 2 aliphatic rings. The van der Waals surface area contributed by atoms with Gasteiger partial charge in [-0.15, -0.1) is 0 Å². The van der Waals surface area contributed by atoms with Gasteiger partial charge in [0.05, 0.1) is 11.8 Å². The number of benzene rings is 2. The van der Waals surface area contributed by atoms with Crippen LogP contribution in [-0.2, 0) is 13.6 Å². The van der Waals surface area contributed by atoms with E-state index in [9.17, 15) is 9.59 Å². The maximum Gasteiger partial charge on any atom is 0.415 e. The van der Waals surface area contributed by atoms with Crippen LogP contribution < -0.4 is 15.8 Å². The molecule has 234 valence electrons. The molecule has 11 heteroatoms. The quantitative estimate of drug-likeness (QED) is 0.309. The number of nitrogens with one attached hydrogen (secondary N) is 1. The molecule has 2 atom stereocenters. The number of hydrogen-bond acceptors (Lipinski definition) is 8. The second-order valence-corrected chi connectivity index (χ2v) is 12.2. The molecule has 3 N–H and O–H groups in total. The highest BCUT2D eigenvalue weighted by molar-refractivity contribution is 5.99. The van der Waals surface area contributed by atoms with Gasteiger partial charge in [0.1, 0.15) is 11.6 Å². The predicted molar refractivity (Wildman–Crippen MR) is 174 cm³/mol. The Morgan fingerprint density at radius 2 is 1.80 bits per heavy atom. The first-order valence-corrected chi connectivity index (χ1v) is 15.3. The van der Waals surface area contributed by atoms with E-state index >= 15 is 0 Å². The van der Waals surface area contributed by atoms with Crippen LogP contribution in [0.15, 0.2) is 73.2 Å². The summed E-state index contributed by atoms with van der Waals surface area (Å²) in [5.74, 6) is 0.295. The van der Waals surface area contributed by atoms with Crippen molar-refractivity contribution in [3.05, 3.63) is 84.3 Å². The summed E-state index contributed by atoms with van der Waals surface area (Å²) in [7, 11) is 6.12. The number of ether oxygens (including phenoxy) is 1. The van der Waals surface area contributed by atoms with Gasteiger partial charge in [0.25, 0.3) is 5.91 Å². The minimum absolute atomic E-state index is 0.147. The first kappa shape index (κ1) is 30.3. The third-order valence-corrected chi connectivity index (χ3v) is 8.69. The van der Waals surface area contributed by atoms with E-state index in [-0.39, 0.29) is 23.3 Å². The number of nitrogens with two attached hydrogens (primary N) is 1. The van der Waals surface area contributed by atoms with Crippen LogP contribution in [0.25, 0.3) is 22.3 Å². The van der Waals surface area contributed by atoms with E-state index < -0.39 is 6.09 Å². The van der Waals surface area contributed by atoms with E-state index in [0.717, 1.165) is 41.9 Å². The maximum absolute atomic E-state index is 13.1. The molecule has 2 saturated heterocycles. The highest BCUT2D eigenvalue weighted by Crippen LogP contribution is 2.27. The van der Waals surface area contributed by atoms with Gasteiger partial charge in [-0.2, -0.15) is 5.10 Å². The van der Waals surface area contributed by atoms with Gasteiger partial charge in [0, 0.05) is 75.4 Å². The van der Waals surface area contributed by atoms with Gasteiger partial charge in [-0.1, -0.05) is 36.4 Å². The minimum atomic E-state index is -0.444. The summed E-state index contributed by atoms with van der Waals surface area (Å²) < 4.78 is 7.43. The third kappa shape index (κ3) is 7.16. The van der Waals surface area contributed by atoms with E-state index in [1.807, 2.05) is 31.4 Å². The van der Waals surface area contributed by atoms with Crippen molar-refractivity contribution in [3.8, 4) is 28.0 Å². The average Bonchev–Trinajstić information content (AvgIpc) is 3.80. The Bertz CT molecular complexity index is 1670. The van der Waals surface area contributed by atoms with E-state index in [1.165, 1.54) is 12.0 Å². The van der Waals surface area contributed by atoms with Gasteiger partial charge in [0.2, 0.25) is 0 Å². The number of aryl methyl sites for hydroxylation is 1. The molecule has 4 heterocycles. The molecule has 0 radical (unpaired) electrons. The molecule has 4 aromatic rings. The van der Waals surface area contributed by atoms with Crippen LogP contribution in [0.3, 0.4) is 0 Å². The first-order chi connectivity index (χ1) is 21.7. The Morgan fingerprint density at radius 1 is 0.978 bits per heavy atom. The number of likely N-dealkylation sites (N-methyl/N-ethyl adjacent to an activating group) is 1. The van der Waals surface area contributed by atoms with Gasteiger partial charge in [-0.25, -0.2) is 9.78 Å². The lowest BCUT2D eigenvalue weighted by atomic mass is 10.0. The zero-order valence-electron chi connectivity index (χ0n) is 26.0. The van der Waals surface area contributed by atoms with Crippen molar-refractivity contribution < 1.29 is 14.3 Å². The molecule has 2 aromatic carbocycles. The van der Waals surface area contributed by atoms with E-state index in [4.69, 9.17) is 10.5 Å². The van der Waals surface area contributed by atoms with Crippen LogP contribution in [0.2, 0.25) is 0 Å². The molecule has 0 aliphatic carbocycles. The van der Waals surface area contributed by atoms with Gasteiger partial charge in [-0.3, -0.25) is 14.4 Å². The molecule has 0 bridgehead atoms. The number of nitrogens with zero attached hydrogens (tertiary/aromatic N) is 6. The fourth-order valence-electron chi connectivity index (χ4n) is 6.04. The second kappa shape index (κ2) is 13.1. The summed E-state index contributed by atoms with van der Waals surface area (Å²) in [6, 6.07) is 18.3. The van der Waals surface area contributed by atoms with Crippen LogP contribution in [0.1, 0.15) is 28.8 Å². The zero-order chi connectivity index (χ0) is 31.5. The number of nitrogen functional groups attached to an aromatic ring is 1. The summed E-state index contributed by atoms with van der Waals surface area (Å²) >= 11 is 0. The standard InChI is InChI=1S/C34H40N8O3/c1-39(2)29-12-13-41(22-29)19-23-7-9-24(10-8-23)25-5-4-6-30(15-25)45-34(44)42-14-11-28(21-42)38-33(43)31-16-26(17-36-32(31)35)27-18-37-40(3)20-27/h4-10,15-18,20,28-29H,11-14,19,21-22H2,1-3H3,(H2,35,36)(H,38,43)/t28-,29?/m1/s1. The number of hydrogen-bond donors (Lipinski definition) is 2. The SMILES string of the molecule is CN(C)C1CCN(Cc2ccc(-c3cccc(OC(=O)N4CC[C@@H](NC(=O)c5cc(-c6cnn(C)c6)cnc5N)C4)c3)cc2)C1. The molecule has 0 spiro atoms. The lowest BCUT2D eigenvalue weighted by molar-refractivity contribution is 0.0937. The molecular formula is C34H40N8O3. The van der Waals surface area contributed by atoms with Crippen LogP contribution in [0, 0.1) is 0 Å². The van der Waals surface area contributed by atoms with Crippen LogP contribution in [0.5, 0.6) is 5.75 Å². The average molecular weight is 609 g/mol. The second-order valence-electron chi connectivity index (χ2n) is 12.2. The normalized spacial score (nSPS) is 18.4. The molecule has 0 saturated carbocycles. The Hall–Kier alpha value is -4.74. The lowest BCUT2D eigenvalue weighted by Crippen LogP contribution is -2.39. The molecule has 2 amide bonds. The van der Waals surface area contributed by atoms with E-state index in [2.05, 4.69) is 63.6 Å². The third-order valence-electron chi connectivity index (χ3n) is 8.69. The molecule has 11 nitrogen and oxygen atoms in total.